The van der Waals surface area contributed by atoms with Crippen molar-refractivity contribution < 1.29 is 13.2 Å². The summed E-state index contributed by atoms with van der Waals surface area (Å²) < 4.78 is 26.8. The van der Waals surface area contributed by atoms with Crippen molar-refractivity contribution in [1.29, 1.82) is 0 Å². The molecule has 1 aromatic rings. The molecule has 0 spiro atoms. The maximum absolute atomic E-state index is 12.1. The molecule has 0 radical (unpaired) electrons. The third-order valence-electron chi connectivity index (χ3n) is 2.80. The molecule has 112 valence electrons. The van der Waals surface area contributed by atoms with Crippen LogP contribution in [0.5, 0.6) is 0 Å². The quantitative estimate of drug-likeness (QED) is 0.710. The number of sulfonamides is 1. The molecule has 20 heavy (non-hydrogen) atoms. The number of carbonyl (C=O) groups is 1. The SMILES string of the molecule is C=CCN(CCNS(=O)(=O)c1c(C)n[nH]c1C)C(C)=O. The molecular formula is C12H20N4O3S. The first-order valence-electron chi connectivity index (χ1n) is 6.17. The van der Waals surface area contributed by atoms with Crippen LogP contribution >= 0.6 is 0 Å². The van der Waals surface area contributed by atoms with Crippen LogP contribution in [0.3, 0.4) is 0 Å². The normalized spacial score (nSPS) is 11.3. The maximum atomic E-state index is 12.1. The molecule has 0 aliphatic rings. The van der Waals surface area contributed by atoms with Gasteiger partial charge in [-0.05, 0) is 13.8 Å². The van der Waals surface area contributed by atoms with Crippen LogP contribution in [0, 0.1) is 13.8 Å². The number of aromatic amines is 1. The van der Waals surface area contributed by atoms with Crippen LogP contribution < -0.4 is 4.72 Å². The molecule has 0 aromatic carbocycles. The lowest BCUT2D eigenvalue weighted by atomic mass is 10.4. The van der Waals surface area contributed by atoms with E-state index in [-0.39, 0.29) is 23.9 Å². The highest BCUT2D eigenvalue weighted by Crippen LogP contribution is 2.15. The van der Waals surface area contributed by atoms with Gasteiger partial charge in [0, 0.05) is 26.6 Å². The molecule has 0 saturated heterocycles. The van der Waals surface area contributed by atoms with Crippen LogP contribution in [0.4, 0.5) is 0 Å². The Morgan fingerprint density at radius 1 is 1.50 bits per heavy atom. The number of rotatable bonds is 7. The zero-order valence-electron chi connectivity index (χ0n) is 11.9. The van der Waals surface area contributed by atoms with Crippen LogP contribution in [0.1, 0.15) is 18.3 Å². The summed E-state index contributed by atoms with van der Waals surface area (Å²) in [4.78, 5) is 13.0. The lowest BCUT2D eigenvalue weighted by Crippen LogP contribution is -2.37. The molecule has 0 atom stereocenters. The van der Waals surface area contributed by atoms with E-state index in [1.807, 2.05) is 0 Å². The van der Waals surface area contributed by atoms with E-state index in [9.17, 15) is 13.2 Å². The Kier molecular flexibility index (Phi) is 5.46. The van der Waals surface area contributed by atoms with Crippen molar-refractivity contribution in [3.05, 3.63) is 24.0 Å². The molecule has 1 amide bonds. The number of amides is 1. The first-order valence-corrected chi connectivity index (χ1v) is 7.65. The van der Waals surface area contributed by atoms with E-state index in [1.54, 1.807) is 19.9 Å². The molecule has 1 heterocycles. The molecule has 7 nitrogen and oxygen atoms in total. The van der Waals surface area contributed by atoms with Crippen LogP contribution in [0.25, 0.3) is 0 Å². The molecule has 0 unspecified atom stereocenters. The molecule has 1 rings (SSSR count). The van der Waals surface area contributed by atoms with Gasteiger partial charge in [0.1, 0.15) is 4.90 Å². The lowest BCUT2D eigenvalue weighted by molar-refractivity contribution is -0.128. The summed E-state index contributed by atoms with van der Waals surface area (Å²) in [6.45, 7) is 9.08. The van der Waals surface area contributed by atoms with Crippen molar-refractivity contribution >= 4 is 15.9 Å². The monoisotopic (exact) mass is 300 g/mol. The van der Waals surface area contributed by atoms with Gasteiger partial charge in [0.25, 0.3) is 0 Å². The Bertz CT molecular complexity index is 572. The Balaban J connectivity index is 2.69. The summed E-state index contributed by atoms with van der Waals surface area (Å²) in [7, 11) is -3.62. The van der Waals surface area contributed by atoms with Crippen molar-refractivity contribution in [2.45, 2.75) is 25.7 Å². The fraction of sp³-hybridized carbons (Fsp3) is 0.500. The predicted molar refractivity (Wildman–Crippen MR) is 75.7 cm³/mol. The molecular weight excluding hydrogens is 280 g/mol. The highest BCUT2D eigenvalue weighted by atomic mass is 32.2. The van der Waals surface area contributed by atoms with Gasteiger partial charge in [-0.2, -0.15) is 5.10 Å². The van der Waals surface area contributed by atoms with Crippen LogP contribution in [-0.2, 0) is 14.8 Å². The van der Waals surface area contributed by atoms with Gasteiger partial charge in [0.15, 0.2) is 0 Å². The van der Waals surface area contributed by atoms with Gasteiger partial charge < -0.3 is 4.90 Å². The first-order chi connectivity index (χ1) is 9.29. The molecule has 0 bridgehead atoms. The zero-order valence-corrected chi connectivity index (χ0v) is 12.7. The lowest BCUT2D eigenvalue weighted by Gasteiger charge is -2.19. The third kappa shape index (κ3) is 3.91. The highest BCUT2D eigenvalue weighted by molar-refractivity contribution is 7.89. The number of nitrogens with zero attached hydrogens (tertiary/aromatic N) is 2. The van der Waals surface area contributed by atoms with Crippen molar-refractivity contribution in [1.82, 2.24) is 19.8 Å². The van der Waals surface area contributed by atoms with Gasteiger partial charge in [-0.3, -0.25) is 9.89 Å². The molecule has 0 aliphatic carbocycles. The fourth-order valence-corrected chi connectivity index (χ4v) is 3.24. The van der Waals surface area contributed by atoms with E-state index >= 15 is 0 Å². The highest BCUT2D eigenvalue weighted by Gasteiger charge is 2.22. The van der Waals surface area contributed by atoms with Crippen LogP contribution in [-0.4, -0.2) is 49.1 Å². The van der Waals surface area contributed by atoms with Gasteiger partial charge >= 0.3 is 0 Å². The predicted octanol–water partition coefficient (Wildman–Crippen LogP) is 0.339. The molecule has 0 aliphatic heterocycles. The van der Waals surface area contributed by atoms with Gasteiger partial charge in [0.2, 0.25) is 15.9 Å². The second-order valence-electron chi connectivity index (χ2n) is 4.41. The topological polar surface area (TPSA) is 95.2 Å². The standard InChI is InChI=1S/C12H20N4O3S/c1-5-7-16(11(4)17)8-6-13-20(18,19)12-9(2)14-15-10(12)3/h5,13H,1,6-8H2,2-4H3,(H,14,15). The zero-order chi connectivity index (χ0) is 15.3. The second-order valence-corrected chi connectivity index (χ2v) is 6.12. The number of hydrogen-bond donors (Lipinski definition) is 2. The van der Waals surface area contributed by atoms with E-state index in [2.05, 4.69) is 21.5 Å². The van der Waals surface area contributed by atoms with E-state index in [1.165, 1.54) is 11.8 Å². The Hall–Kier alpha value is -1.67. The van der Waals surface area contributed by atoms with Crippen molar-refractivity contribution in [2.24, 2.45) is 0 Å². The average molecular weight is 300 g/mol. The average Bonchev–Trinajstić information content (AvgIpc) is 2.68. The summed E-state index contributed by atoms with van der Waals surface area (Å²) in [5.74, 6) is -0.125. The molecule has 8 heteroatoms. The van der Waals surface area contributed by atoms with Crippen LogP contribution in [0.2, 0.25) is 0 Å². The number of carbonyl (C=O) groups excluding carboxylic acids is 1. The Morgan fingerprint density at radius 3 is 2.60 bits per heavy atom. The van der Waals surface area contributed by atoms with Gasteiger partial charge in [-0.25, -0.2) is 13.1 Å². The molecule has 2 N–H and O–H groups in total. The summed E-state index contributed by atoms with van der Waals surface area (Å²) >= 11 is 0. The minimum Gasteiger partial charge on any atom is -0.338 e. The van der Waals surface area contributed by atoms with Crippen molar-refractivity contribution in [2.75, 3.05) is 19.6 Å². The number of nitrogens with one attached hydrogen (secondary N) is 2. The summed E-state index contributed by atoms with van der Waals surface area (Å²) in [6.07, 6.45) is 1.60. The number of H-pyrrole nitrogens is 1. The third-order valence-corrected chi connectivity index (χ3v) is 4.52. The number of hydrogen-bond acceptors (Lipinski definition) is 4. The van der Waals surface area contributed by atoms with Gasteiger partial charge in [-0.15, -0.1) is 6.58 Å². The minimum atomic E-state index is -3.62. The van der Waals surface area contributed by atoms with E-state index in [0.717, 1.165) is 0 Å². The first kappa shape index (κ1) is 16.4. The molecule has 0 fully saturated rings. The summed E-state index contributed by atoms with van der Waals surface area (Å²) in [5.41, 5.74) is 0.911. The summed E-state index contributed by atoms with van der Waals surface area (Å²) in [5, 5.41) is 6.50. The maximum Gasteiger partial charge on any atom is 0.244 e. The molecule has 0 saturated carbocycles. The fourth-order valence-electron chi connectivity index (χ4n) is 1.86. The second kappa shape index (κ2) is 6.67. The number of aryl methyl sites for hydroxylation is 2. The van der Waals surface area contributed by atoms with Crippen LogP contribution in [0.15, 0.2) is 17.6 Å². The van der Waals surface area contributed by atoms with Gasteiger partial charge in [-0.1, -0.05) is 6.08 Å². The smallest absolute Gasteiger partial charge is 0.244 e. The Morgan fingerprint density at radius 2 is 2.15 bits per heavy atom. The molecule has 1 aromatic heterocycles. The number of aromatic nitrogens is 2. The minimum absolute atomic E-state index is 0.125. The van der Waals surface area contributed by atoms with E-state index in [4.69, 9.17) is 0 Å². The summed E-state index contributed by atoms with van der Waals surface area (Å²) in [6, 6.07) is 0. The van der Waals surface area contributed by atoms with E-state index < -0.39 is 10.0 Å². The van der Waals surface area contributed by atoms with Gasteiger partial charge in [0.05, 0.1) is 11.4 Å². The van der Waals surface area contributed by atoms with Crippen molar-refractivity contribution in [3.63, 3.8) is 0 Å². The largest absolute Gasteiger partial charge is 0.338 e. The Labute approximate surface area is 119 Å². The van der Waals surface area contributed by atoms with E-state index in [0.29, 0.717) is 17.9 Å². The van der Waals surface area contributed by atoms with Crippen molar-refractivity contribution in [3.8, 4) is 0 Å².